The molecule has 1 heterocycles. The molecule has 0 aliphatic carbocycles. The van der Waals surface area contributed by atoms with Gasteiger partial charge in [0.05, 0.1) is 17.2 Å². The molecule has 5 rings (SSSR count). The fourth-order valence-electron chi connectivity index (χ4n) is 4.43. The van der Waals surface area contributed by atoms with E-state index in [9.17, 15) is 19.2 Å². The molecule has 1 fully saturated rings. The molecule has 0 aromatic heterocycles. The Balaban J connectivity index is 1.17. The topological polar surface area (TPSA) is 92.8 Å². The van der Waals surface area contributed by atoms with Gasteiger partial charge in [-0.15, -0.1) is 0 Å². The zero-order chi connectivity index (χ0) is 26.6. The van der Waals surface area contributed by atoms with Gasteiger partial charge in [0.1, 0.15) is 0 Å². The molecule has 190 valence electrons. The number of nitrogens with zero attached hydrogens (tertiary/aromatic N) is 1. The van der Waals surface area contributed by atoms with E-state index in [4.69, 9.17) is 4.74 Å². The van der Waals surface area contributed by atoms with Crippen molar-refractivity contribution in [3.63, 3.8) is 0 Å². The lowest BCUT2D eigenvalue weighted by molar-refractivity contribution is -0.122. The zero-order valence-electron chi connectivity index (χ0n) is 20.2. The van der Waals surface area contributed by atoms with Crippen molar-refractivity contribution in [2.45, 2.75) is 6.42 Å². The largest absolute Gasteiger partial charge is 0.454 e. The van der Waals surface area contributed by atoms with Crippen molar-refractivity contribution in [1.82, 2.24) is 0 Å². The summed E-state index contributed by atoms with van der Waals surface area (Å²) in [4.78, 5) is 52.0. The van der Waals surface area contributed by atoms with Gasteiger partial charge in [-0.3, -0.25) is 14.4 Å². The Morgan fingerprint density at radius 3 is 2.32 bits per heavy atom. The van der Waals surface area contributed by atoms with Gasteiger partial charge in [0, 0.05) is 34.1 Å². The van der Waals surface area contributed by atoms with Crippen LogP contribution in [0.5, 0.6) is 0 Å². The predicted molar refractivity (Wildman–Crippen MR) is 148 cm³/mol. The molecule has 4 aromatic carbocycles. The highest BCUT2D eigenvalue weighted by Gasteiger charge is 2.35. The number of carbonyl (C=O) groups excluding carboxylic acids is 4. The van der Waals surface area contributed by atoms with Gasteiger partial charge in [0.15, 0.2) is 12.4 Å². The molecule has 38 heavy (non-hydrogen) atoms. The SMILES string of the molecule is O=C(COC(=O)c1ccc(NC(=O)[C@@H]2CC(=O)N(c3cccc4ccccc34)C2)cc1)c1ccc(Br)cc1. The van der Waals surface area contributed by atoms with Gasteiger partial charge in [-0.2, -0.15) is 0 Å². The van der Waals surface area contributed by atoms with E-state index in [1.807, 2.05) is 42.5 Å². The third-order valence-electron chi connectivity index (χ3n) is 6.44. The standard InChI is InChI=1S/C30H23BrN2O5/c31-23-12-8-20(9-13-23)27(34)18-38-30(37)21-10-14-24(15-11-21)32-29(36)22-16-28(35)33(17-22)26-7-3-5-19-4-1-2-6-25(19)26/h1-15,22H,16-18H2,(H,32,36)/t22-/m1/s1. The number of rotatable bonds is 7. The molecule has 1 atom stereocenters. The molecule has 0 bridgehead atoms. The molecule has 2 amide bonds. The van der Waals surface area contributed by atoms with Gasteiger partial charge in [-0.25, -0.2) is 4.79 Å². The summed E-state index contributed by atoms with van der Waals surface area (Å²) in [7, 11) is 0. The van der Waals surface area contributed by atoms with E-state index in [1.54, 1.807) is 41.3 Å². The first-order chi connectivity index (χ1) is 18.4. The highest BCUT2D eigenvalue weighted by Crippen LogP contribution is 2.32. The number of benzene rings is 4. The Kier molecular flexibility index (Phi) is 7.33. The molecule has 1 aliphatic rings. The zero-order valence-corrected chi connectivity index (χ0v) is 21.8. The summed E-state index contributed by atoms with van der Waals surface area (Å²) in [5, 5.41) is 4.82. The lowest BCUT2D eigenvalue weighted by Gasteiger charge is -2.19. The Morgan fingerprint density at radius 1 is 0.868 bits per heavy atom. The van der Waals surface area contributed by atoms with Gasteiger partial charge >= 0.3 is 5.97 Å². The monoisotopic (exact) mass is 570 g/mol. The molecule has 0 spiro atoms. The van der Waals surface area contributed by atoms with Crippen LogP contribution >= 0.6 is 15.9 Å². The summed E-state index contributed by atoms with van der Waals surface area (Å²) in [5.41, 5.74) is 1.99. The van der Waals surface area contributed by atoms with Crippen molar-refractivity contribution in [1.29, 1.82) is 0 Å². The molecule has 8 heteroatoms. The fraction of sp³-hybridized carbons (Fsp3) is 0.133. The molecule has 7 nitrogen and oxygen atoms in total. The molecule has 0 radical (unpaired) electrons. The lowest BCUT2D eigenvalue weighted by atomic mass is 10.1. The number of esters is 1. The second-order valence-corrected chi connectivity index (χ2v) is 9.89. The van der Waals surface area contributed by atoms with E-state index in [1.165, 1.54) is 12.1 Å². The van der Waals surface area contributed by atoms with Crippen LogP contribution in [0.2, 0.25) is 0 Å². The predicted octanol–water partition coefficient (Wildman–Crippen LogP) is 5.63. The van der Waals surface area contributed by atoms with E-state index in [0.717, 1.165) is 20.9 Å². The summed E-state index contributed by atoms with van der Waals surface area (Å²) < 4.78 is 5.99. The number of hydrogen-bond donors (Lipinski definition) is 1. The molecule has 1 N–H and O–H groups in total. The minimum absolute atomic E-state index is 0.0997. The van der Waals surface area contributed by atoms with Crippen LogP contribution in [-0.2, 0) is 14.3 Å². The van der Waals surface area contributed by atoms with Crippen LogP contribution < -0.4 is 10.2 Å². The first-order valence-corrected chi connectivity index (χ1v) is 12.8. The van der Waals surface area contributed by atoms with E-state index in [2.05, 4.69) is 21.2 Å². The van der Waals surface area contributed by atoms with Crippen molar-refractivity contribution in [3.8, 4) is 0 Å². The van der Waals surface area contributed by atoms with Crippen molar-refractivity contribution >= 4 is 61.6 Å². The van der Waals surface area contributed by atoms with Crippen LogP contribution in [0.1, 0.15) is 27.1 Å². The number of carbonyl (C=O) groups is 4. The Labute approximate surface area is 227 Å². The maximum Gasteiger partial charge on any atom is 0.338 e. The number of hydrogen-bond acceptors (Lipinski definition) is 5. The van der Waals surface area contributed by atoms with Crippen LogP contribution in [0.15, 0.2) is 95.5 Å². The summed E-state index contributed by atoms with van der Waals surface area (Å²) in [6.45, 7) is -0.0860. The average Bonchev–Trinajstić information content (AvgIpc) is 3.33. The number of nitrogens with one attached hydrogen (secondary N) is 1. The van der Waals surface area contributed by atoms with Crippen LogP contribution in [0, 0.1) is 5.92 Å². The minimum atomic E-state index is -0.638. The number of anilines is 2. The maximum absolute atomic E-state index is 12.9. The third kappa shape index (κ3) is 5.50. The molecule has 1 aliphatic heterocycles. The lowest BCUT2D eigenvalue weighted by Crippen LogP contribution is -2.28. The van der Waals surface area contributed by atoms with Gasteiger partial charge in [0.2, 0.25) is 11.8 Å². The Morgan fingerprint density at radius 2 is 1.55 bits per heavy atom. The average molecular weight is 571 g/mol. The number of Topliss-reactive ketones (excluding diaryl/α,β-unsaturated/α-hetero) is 1. The highest BCUT2D eigenvalue weighted by atomic mass is 79.9. The van der Waals surface area contributed by atoms with Crippen molar-refractivity contribution in [2.75, 3.05) is 23.4 Å². The molecule has 1 saturated heterocycles. The molecular formula is C30H23BrN2O5. The van der Waals surface area contributed by atoms with E-state index in [0.29, 0.717) is 11.3 Å². The van der Waals surface area contributed by atoms with Gasteiger partial charge in [0.25, 0.3) is 0 Å². The first-order valence-electron chi connectivity index (χ1n) is 12.0. The Hall–Kier alpha value is -4.30. The maximum atomic E-state index is 12.9. The van der Waals surface area contributed by atoms with E-state index < -0.39 is 11.9 Å². The van der Waals surface area contributed by atoms with Gasteiger partial charge in [-0.05, 0) is 47.9 Å². The summed E-state index contributed by atoms with van der Waals surface area (Å²) in [5.74, 6) is -1.82. The number of halogens is 1. The quantitative estimate of drug-likeness (QED) is 0.229. The van der Waals surface area contributed by atoms with Crippen LogP contribution in [0.25, 0.3) is 10.8 Å². The summed E-state index contributed by atoms with van der Waals surface area (Å²) in [6, 6.07) is 26.6. The van der Waals surface area contributed by atoms with E-state index >= 15 is 0 Å². The van der Waals surface area contributed by atoms with Gasteiger partial charge < -0.3 is 15.0 Å². The van der Waals surface area contributed by atoms with Crippen LogP contribution in [0.4, 0.5) is 11.4 Å². The summed E-state index contributed by atoms with van der Waals surface area (Å²) >= 11 is 3.31. The first kappa shape index (κ1) is 25.4. The third-order valence-corrected chi connectivity index (χ3v) is 6.97. The highest BCUT2D eigenvalue weighted by molar-refractivity contribution is 9.10. The minimum Gasteiger partial charge on any atom is -0.454 e. The molecule has 0 saturated carbocycles. The van der Waals surface area contributed by atoms with Gasteiger partial charge in [-0.1, -0.05) is 64.5 Å². The van der Waals surface area contributed by atoms with Crippen molar-refractivity contribution < 1.29 is 23.9 Å². The fourth-order valence-corrected chi connectivity index (χ4v) is 4.69. The number of amides is 2. The van der Waals surface area contributed by atoms with Crippen molar-refractivity contribution in [3.05, 3.63) is 107 Å². The van der Waals surface area contributed by atoms with Crippen LogP contribution in [-0.4, -0.2) is 36.7 Å². The number of ketones is 1. The number of ether oxygens (including phenoxy) is 1. The normalized spacial score (nSPS) is 14.9. The molecule has 4 aromatic rings. The second kappa shape index (κ2) is 11.0. The van der Waals surface area contributed by atoms with Crippen LogP contribution in [0.3, 0.4) is 0 Å². The number of fused-ring (bicyclic) bond motifs is 1. The summed E-state index contributed by atoms with van der Waals surface area (Å²) in [6.07, 6.45) is 0.117. The molecular weight excluding hydrogens is 548 g/mol. The second-order valence-electron chi connectivity index (χ2n) is 8.98. The Bertz CT molecular complexity index is 1530. The van der Waals surface area contributed by atoms with E-state index in [-0.39, 0.29) is 42.7 Å². The smallest absolute Gasteiger partial charge is 0.338 e. The van der Waals surface area contributed by atoms with Crippen molar-refractivity contribution in [2.24, 2.45) is 5.92 Å². The molecule has 0 unspecified atom stereocenters.